The van der Waals surface area contributed by atoms with Crippen molar-refractivity contribution in [3.05, 3.63) is 71.4 Å². The van der Waals surface area contributed by atoms with Crippen LogP contribution in [-0.4, -0.2) is 86.7 Å². The third-order valence-electron chi connectivity index (χ3n) is 9.49. The highest BCUT2D eigenvalue weighted by atomic mass is 19.3. The summed E-state index contributed by atoms with van der Waals surface area (Å²) in [5.74, 6) is -1.27. The molecule has 0 radical (unpaired) electrons. The number of nitrogens with two attached hydrogens (primary N) is 1. The molecule has 3 aliphatic rings. The minimum Gasteiger partial charge on any atom is -0.457 e. The average Bonchev–Trinajstić information content (AvgIpc) is 3.29. The largest absolute Gasteiger partial charge is 0.457 e. The summed E-state index contributed by atoms with van der Waals surface area (Å²) in [7, 11) is 0. The van der Waals surface area contributed by atoms with Crippen LogP contribution in [-0.2, 0) is 0 Å². The first kappa shape index (κ1) is 28.9. The summed E-state index contributed by atoms with van der Waals surface area (Å²) < 4.78 is 40.2. The predicted octanol–water partition coefficient (Wildman–Crippen LogP) is 3.91. The molecule has 232 valence electrons. The minimum absolute atomic E-state index is 0.0517. The fourth-order valence-electron chi connectivity index (χ4n) is 6.89. The van der Waals surface area contributed by atoms with E-state index in [2.05, 4.69) is 20.2 Å². The van der Waals surface area contributed by atoms with Gasteiger partial charge >= 0.3 is 5.69 Å². The maximum Gasteiger partial charge on any atom is 0.335 e. The van der Waals surface area contributed by atoms with E-state index in [1.54, 1.807) is 24.3 Å². The second kappa shape index (κ2) is 11.9. The molecular formula is C32H38F2N8O2. The number of imidazole rings is 1. The van der Waals surface area contributed by atoms with E-state index in [9.17, 15) is 4.79 Å². The van der Waals surface area contributed by atoms with Gasteiger partial charge in [0.05, 0.1) is 12.2 Å². The molecule has 3 fully saturated rings. The van der Waals surface area contributed by atoms with Gasteiger partial charge in [-0.05, 0) is 87.6 Å². The maximum atomic E-state index is 15.9. The summed E-state index contributed by atoms with van der Waals surface area (Å²) in [6.07, 6.45) is 4.52. The molecule has 7 rings (SSSR count). The highest BCUT2D eigenvalue weighted by Gasteiger charge is 2.47. The molecule has 2 aromatic heterocycles. The van der Waals surface area contributed by atoms with Crippen molar-refractivity contribution < 1.29 is 13.5 Å². The smallest absolute Gasteiger partial charge is 0.335 e. The van der Waals surface area contributed by atoms with Gasteiger partial charge in [-0.2, -0.15) is 0 Å². The number of ether oxygens (including phenoxy) is 1. The number of rotatable bonds is 8. The van der Waals surface area contributed by atoms with Gasteiger partial charge in [-0.25, -0.2) is 23.5 Å². The van der Waals surface area contributed by atoms with Gasteiger partial charge in [-0.1, -0.05) is 18.2 Å². The van der Waals surface area contributed by atoms with Crippen molar-refractivity contribution in [3.63, 3.8) is 0 Å². The number of anilines is 1. The van der Waals surface area contributed by atoms with Crippen molar-refractivity contribution >= 4 is 17.0 Å². The summed E-state index contributed by atoms with van der Waals surface area (Å²) in [5.41, 5.74) is 6.40. The Hall–Kier alpha value is -3.87. The average molecular weight is 605 g/mol. The van der Waals surface area contributed by atoms with Gasteiger partial charge in [0.15, 0.2) is 11.5 Å². The molecule has 0 aliphatic carbocycles. The Labute approximate surface area is 254 Å². The van der Waals surface area contributed by atoms with Crippen molar-refractivity contribution in [2.45, 2.75) is 43.7 Å². The van der Waals surface area contributed by atoms with Crippen LogP contribution in [0.25, 0.3) is 16.9 Å². The first-order valence-corrected chi connectivity index (χ1v) is 15.5. The number of nitrogens with one attached hydrogen (secondary N) is 1. The Morgan fingerprint density at radius 1 is 0.955 bits per heavy atom. The topological polar surface area (TPSA) is 106 Å². The van der Waals surface area contributed by atoms with Gasteiger partial charge in [-0.15, -0.1) is 0 Å². The monoisotopic (exact) mass is 604 g/mol. The fourth-order valence-corrected chi connectivity index (χ4v) is 6.89. The quantitative estimate of drug-likeness (QED) is 0.312. The standard InChI is InChI=1S/C32H38F2N8O2/c33-32(34)20-39(14-10-22-11-16-40(17-12-22)24-18-36-19-24)15-13-27(32)42-30-28(29(35)37-21-38-30)41(31(42)43)23-6-8-26(9-7-23)44-25-4-2-1-3-5-25/h1-9,21-22,24,27,36H,10-20H2,(H2,35,37,38)/t27-/m0/s1. The van der Waals surface area contributed by atoms with Crippen LogP contribution in [0.5, 0.6) is 11.5 Å². The van der Waals surface area contributed by atoms with E-state index in [0.717, 1.165) is 50.0 Å². The number of likely N-dealkylation sites (tertiary alicyclic amines) is 2. The lowest BCUT2D eigenvalue weighted by Gasteiger charge is -2.43. The molecule has 1 atom stereocenters. The SMILES string of the molecule is Nc1ncnc2c1n(-c1ccc(Oc3ccccc3)cc1)c(=O)n2[C@H]1CCN(CCC2CCN(C3CNC3)CC2)CC1(F)F. The van der Waals surface area contributed by atoms with E-state index in [0.29, 0.717) is 42.2 Å². The first-order chi connectivity index (χ1) is 21.4. The summed E-state index contributed by atoms with van der Waals surface area (Å²) in [6.45, 7) is 5.07. The molecule has 3 N–H and O–H groups in total. The number of piperidine rings is 2. The number of hydrogen-bond donors (Lipinski definition) is 2. The van der Waals surface area contributed by atoms with Crippen molar-refractivity contribution in [1.82, 2.24) is 34.2 Å². The second-order valence-corrected chi connectivity index (χ2v) is 12.2. The van der Waals surface area contributed by atoms with Gasteiger partial charge < -0.3 is 15.8 Å². The number of nitrogens with zero attached hydrogens (tertiary/aromatic N) is 6. The Kier molecular flexibility index (Phi) is 7.81. The molecule has 3 aliphatic heterocycles. The highest BCUT2D eigenvalue weighted by molar-refractivity contribution is 5.84. The number of halogens is 2. The number of para-hydroxylation sites is 1. The van der Waals surface area contributed by atoms with E-state index in [1.165, 1.54) is 10.9 Å². The van der Waals surface area contributed by atoms with E-state index in [4.69, 9.17) is 10.5 Å². The first-order valence-electron chi connectivity index (χ1n) is 15.5. The van der Waals surface area contributed by atoms with Gasteiger partial charge in [0, 0.05) is 25.7 Å². The second-order valence-electron chi connectivity index (χ2n) is 12.2. The van der Waals surface area contributed by atoms with Crippen molar-refractivity contribution in [2.24, 2.45) is 5.92 Å². The molecule has 44 heavy (non-hydrogen) atoms. The Balaban J connectivity index is 1.08. The van der Waals surface area contributed by atoms with Crippen LogP contribution < -0.4 is 21.5 Å². The third kappa shape index (κ3) is 5.57. The van der Waals surface area contributed by atoms with E-state index < -0.39 is 24.2 Å². The molecule has 0 amide bonds. The lowest BCUT2D eigenvalue weighted by Crippen LogP contribution is -2.58. The lowest BCUT2D eigenvalue weighted by atomic mass is 9.91. The number of fused-ring (bicyclic) bond motifs is 1. The zero-order valence-corrected chi connectivity index (χ0v) is 24.6. The van der Waals surface area contributed by atoms with E-state index in [-0.39, 0.29) is 23.4 Å². The zero-order valence-electron chi connectivity index (χ0n) is 24.6. The molecule has 2 aromatic carbocycles. The molecule has 12 heteroatoms. The Bertz CT molecular complexity index is 1650. The number of nitrogen functional groups attached to an aromatic ring is 1. The summed E-state index contributed by atoms with van der Waals surface area (Å²) in [6, 6.07) is 15.5. The van der Waals surface area contributed by atoms with E-state index >= 15 is 8.78 Å². The van der Waals surface area contributed by atoms with Gasteiger partial charge in [0.1, 0.15) is 29.4 Å². The van der Waals surface area contributed by atoms with Crippen LogP contribution in [0, 0.1) is 5.92 Å². The Morgan fingerprint density at radius 3 is 2.36 bits per heavy atom. The zero-order chi connectivity index (χ0) is 30.3. The van der Waals surface area contributed by atoms with Crippen LogP contribution in [0.2, 0.25) is 0 Å². The molecule has 0 saturated carbocycles. The molecule has 0 bridgehead atoms. The molecular weight excluding hydrogens is 566 g/mol. The lowest BCUT2D eigenvalue weighted by molar-refractivity contribution is -0.104. The number of benzene rings is 2. The van der Waals surface area contributed by atoms with Crippen molar-refractivity contribution in [1.29, 1.82) is 0 Å². The predicted molar refractivity (Wildman–Crippen MR) is 165 cm³/mol. The number of hydrogen-bond acceptors (Lipinski definition) is 8. The van der Waals surface area contributed by atoms with Crippen molar-refractivity contribution in [2.75, 3.05) is 51.5 Å². The molecule has 3 saturated heterocycles. The number of alkyl halides is 2. The fraction of sp³-hybridized carbons (Fsp3) is 0.469. The third-order valence-corrected chi connectivity index (χ3v) is 9.49. The minimum atomic E-state index is -3.13. The van der Waals surface area contributed by atoms with Gasteiger partial charge in [0.25, 0.3) is 5.92 Å². The molecule has 4 aromatic rings. The van der Waals surface area contributed by atoms with Gasteiger partial charge in [-0.3, -0.25) is 18.9 Å². The van der Waals surface area contributed by atoms with Crippen LogP contribution in [0.15, 0.2) is 65.7 Å². The molecule has 0 unspecified atom stereocenters. The number of aromatic nitrogens is 4. The van der Waals surface area contributed by atoms with Crippen LogP contribution >= 0.6 is 0 Å². The summed E-state index contributed by atoms with van der Waals surface area (Å²) >= 11 is 0. The Morgan fingerprint density at radius 2 is 1.68 bits per heavy atom. The summed E-state index contributed by atoms with van der Waals surface area (Å²) in [5, 5.41) is 3.34. The van der Waals surface area contributed by atoms with Gasteiger partial charge in [0.2, 0.25) is 0 Å². The van der Waals surface area contributed by atoms with Crippen LogP contribution in [0.1, 0.15) is 31.7 Å². The van der Waals surface area contributed by atoms with Crippen molar-refractivity contribution in [3.8, 4) is 17.2 Å². The molecule has 5 heterocycles. The van der Waals surface area contributed by atoms with E-state index in [1.807, 2.05) is 35.2 Å². The molecule has 0 spiro atoms. The normalized spacial score (nSPS) is 21.8. The molecule has 10 nitrogen and oxygen atoms in total. The van der Waals surface area contributed by atoms with Crippen LogP contribution in [0.3, 0.4) is 0 Å². The van der Waals surface area contributed by atoms with Crippen LogP contribution in [0.4, 0.5) is 14.6 Å². The summed E-state index contributed by atoms with van der Waals surface area (Å²) in [4.78, 5) is 26.7. The highest BCUT2D eigenvalue weighted by Crippen LogP contribution is 2.38. The maximum absolute atomic E-state index is 15.9.